The lowest BCUT2D eigenvalue weighted by Gasteiger charge is -2.07. The van der Waals surface area contributed by atoms with Gasteiger partial charge in [0.1, 0.15) is 0 Å². The Morgan fingerprint density at radius 1 is 1.77 bits per heavy atom. The lowest BCUT2D eigenvalue weighted by atomic mass is 10.3. The molecule has 1 rings (SSSR count). The largest absolute Gasteiger partial charge is 0.270 e. The average Bonchev–Trinajstić information content (AvgIpc) is 2.62. The van der Waals surface area contributed by atoms with Gasteiger partial charge in [0.05, 0.1) is 12.2 Å². The molecule has 0 saturated heterocycles. The van der Waals surface area contributed by atoms with Crippen molar-refractivity contribution in [3.63, 3.8) is 0 Å². The fourth-order valence-electron chi connectivity index (χ4n) is 0.998. The smallest absolute Gasteiger partial charge is 0.0702 e. The first-order valence-electron chi connectivity index (χ1n) is 4.32. The van der Waals surface area contributed by atoms with Crippen LogP contribution < -0.4 is 0 Å². The molecule has 0 aliphatic carbocycles. The van der Waals surface area contributed by atoms with Gasteiger partial charge in [-0.25, -0.2) is 0 Å². The van der Waals surface area contributed by atoms with Crippen molar-refractivity contribution in [1.82, 2.24) is 9.78 Å². The zero-order valence-electron chi connectivity index (χ0n) is 7.88. The summed E-state index contributed by atoms with van der Waals surface area (Å²) >= 11 is 0. The SMILES string of the molecule is CCC(C)n1ccc(CN=[N+]=[N-])n1. The second-order valence-corrected chi connectivity index (χ2v) is 2.93. The number of hydrogen-bond acceptors (Lipinski definition) is 2. The van der Waals surface area contributed by atoms with Crippen LogP contribution in [0.3, 0.4) is 0 Å². The zero-order valence-corrected chi connectivity index (χ0v) is 7.88. The van der Waals surface area contributed by atoms with Crippen LogP contribution in [0.2, 0.25) is 0 Å². The van der Waals surface area contributed by atoms with Gasteiger partial charge >= 0.3 is 0 Å². The summed E-state index contributed by atoms with van der Waals surface area (Å²) in [5.74, 6) is 0. The van der Waals surface area contributed by atoms with Gasteiger partial charge < -0.3 is 0 Å². The minimum Gasteiger partial charge on any atom is -0.270 e. The number of nitrogens with zero attached hydrogens (tertiary/aromatic N) is 5. The van der Waals surface area contributed by atoms with E-state index in [1.807, 2.05) is 16.9 Å². The van der Waals surface area contributed by atoms with Crippen molar-refractivity contribution in [2.45, 2.75) is 32.9 Å². The van der Waals surface area contributed by atoms with E-state index in [9.17, 15) is 0 Å². The van der Waals surface area contributed by atoms with Crippen LogP contribution in [0.5, 0.6) is 0 Å². The summed E-state index contributed by atoms with van der Waals surface area (Å²) in [6.07, 6.45) is 2.96. The Morgan fingerprint density at radius 3 is 3.15 bits per heavy atom. The molecule has 0 N–H and O–H groups in total. The summed E-state index contributed by atoms with van der Waals surface area (Å²) in [4.78, 5) is 2.68. The van der Waals surface area contributed by atoms with Gasteiger partial charge in [0.2, 0.25) is 0 Å². The molecule has 0 radical (unpaired) electrons. The summed E-state index contributed by atoms with van der Waals surface area (Å²) < 4.78 is 1.89. The molecular weight excluding hydrogens is 166 g/mol. The molecule has 5 nitrogen and oxygen atoms in total. The van der Waals surface area contributed by atoms with E-state index in [-0.39, 0.29) is 0 Å². The lowest BCUT2D eigenvalue weighted by molar-refractivity contribution is 0.474. The molecule has 0 saturated carbocycles. The monoisotopic (exact) mass is 179 g/mol. The zero-order chi connectivity index (χ0) is 9.68. The molecule has 0 amide bonds. The fraction of sp³-hybridized carbons (Fsp3) is 0.625. The highest BCUT2D eigenvalue weighted by molar-refractivity contribution is 4.99. The molecule has 0 aromatic carbocycles. The van der Waals surface area contributed by atoms with Crippen molar-refractivity contribution in [2.24, 2.45) is 5.11 Å². The van der Waals surface area contributed by atoms with E-state index < -0.39 is 0 Å². The summed E-state index contributed by atoms with van der Waals surface area (Å²) in [5, 5.41) is 7.72. The van der Waals surface area contributed by atoms with E-state index in [1.165, 1.54) is 0 Å². The molecule has 0 spiro atoms. The van der Waals surface area contributed by atoms with Crippen LogP contribution in [-0.2, 0) is 6.54 Å². The third-order valence-corrected chi connectivity index (χ3v) is 2.00. The Labute approximate surface area is 77.0 Å². The van der Waals surface area contributed by atoms with Crippen molar-refractivity contribution in [3.8, 4) is 0 Å². The minimum absolute atomic E-state index is 0.333. The van der Waals surface area contributed by atoms with Crippen LogP contribution in [0.1, 0.15) is 32.0 Å². The molecule has 0 aliphatic heterocycles. The minimum atomic E-state index is 0.333. The fourth-order valence-corrected chi connectivity index (χ4v) is 0.998. The molecule has 1 heterocycles. The molecule has 1 unspecified atom stereocenters. The number of aromatic nitrogens is 2. The summed E-state index contributed by atoms with van der Waals surface area (Å²) in [5.41, 5.74) is 8.93. The van der Waals surface area contributed by atoms with Crippen molar-refractivity contribution in [2.75, 3.05) is 0 Å². The number of rotatable bonds is 4. The molecule has 70 valence electrons. The summed E-state index contributed by atoms with van der Waals surface area (Å²) in [7, 11) is 0. The highest BCUT2D eigenvalue weighted by Crippen LogP contribution is 2.09. The molecule has 0 aliphatic rings. The van der Waals surface area contributed by atoms with Gasteiger partial charge in [-0.15, -0.1) is 0 Å². The Balaban J connectivity index is 2.68. The van der Waals surface area contributed by atoms with E-state index in [1.54, 1.807) is 0 Å². The van der Waals surface area contributed by atoms with E-state index in [2.05, 4.69) is 29.0 Å². The normalized spacial score (nSPS) is 12.2. The Kier molecular flexibility index (Phi) is 3.34. The van der Waals surface area contributed by atoms with Gasteiger partial charge in [-0.05, 0) is 24.9 Å². The third kappa shape index (κ3) is 2.49. The van der Waals surface area contributed by atoms with Gasteiger partial charge in [-0.1, -0.05) is 12.0 Å². The van der Waals surface area contributed by atoms with Crippen LogP contribution in [0.4, 0.5) is 0 Å². The van der Waals surface area contributed by atoms with Crippen molar-refractivity contribution >= 4 is 0 Å². The molecule has 13 heavy (non-hydrogen) atoms. The van der Waals surface area contributed by atoms with Gasteiger partial charge in [-0.2, -0.15) is 5.10 Å². The molecule has 5 heteroatoms. The Bertz CT molecular complexity index is 310. The Morgan fingerprint density at radius 2 is 2.54 bits per heavy atom. The second kappa shape index (κ2) is 4.52. The molecule has 0 fully saturated rings. The average molecular weight is 179 g/mol. The predicted octanol–water partition coefficient (Wildman–Crippen LogP) is 2.66. The predicted molar refractivity (Wildman–Crippen MR) is 50.1 cm³/mol. The van der Waals surface area contributed by atoms with Crippen molar-refractivity contribution in [3.05, 3.63) is 28.4 Å². The van der Waals surface area contributed by atoms with Crippen molar-refractivity contribution < 1.29 is 0 Å². The molecular formula is C8H13N5. The maximum absolute atomic E-state index is 8.11. The quantitative estimate of drug-likeness (QED) is 0.398. The lowest BCUT2D eigenvalue weighted by Crippen LogP contribution is -2.04. The maximum Gasteiger partial charge on any atom is 0.0702 e. The van der Waals surface area contributed by atoms with Gasteiger partial charge in [0.15, 0.2) is 0 Å². The first kappa shape index (κ1) is 9.61. The molecule has 1 atom stereocenters. The van der Waals surface area contributed by atoms with Gasteiger partial charge in [0, 0.05) is 17.2 Å². The van der Waals surface area contributed by atoms with Crippen LogP contribution in [0, 0.1) is 0 Å². The molecule has 1 aromatic heterocycles. The second-order valence-electron chi connectivity index (χ2n) is 2.93. The van der Waals surface area contributed by atoms with E-state index in [4.69, 9.17) is 5.53 Å². The van der Waals surface area contributed by atoms with Crippen LogP contribution in [0.25, 0.3) is 10.4 Å². The molecule has 0 bridgehead atoms. The standard InChI is InChI=1S/C8H13N5/c1-3-7(2)13-5-4-8(11-13)6-10-12-9/h4-5,7H,3,6H2,1-2H3. The van der Waals surface area contributed by atoms with E-state index >= 15 is 0 Å². The highest BCUT2D eigenvalue weighted by atomic mass is 15.3. The maximum atomic E-state index is 8.11. The molecule has 1 aromatic rings. The van der Waals surface area contributed by atoms with Crippen molar-refractivity contribution in [1.29, 1.82) is 0 Å². The first-order chi connectivity index (χ1) is 6.27. The summed E-state index contributed by atoms with van der Waals surface area (Å²) in [6, 6.07) is 2.28. The highest BCUT2D eigenvalue weighted by Gasteiger charge is 2.02. The van der Waals surface area contributed by atoms with E-state index in [0.717, 1.165) is 12.1 Å². The first-order valence-corrected chi connectivity index (χ1v) is 4.32. The van der Waals surface area contributed by atoms with Crippen LogP contribution in [-0.4, -0.2) is 9.78 Å². The Hall–Kier alpha value is -1.48. The topological polar surface area (TPSA) is 66.6 Å². The third-order valence-electron chi connectivity index (χ3n) is 2.00. The van der Waals surface area contributed by atoms with Gasteiger partial charge in [-0.3, -0.25) is 4.68 Å². The number of hydrogen-bond donors (Lipinski definition) is 0. The van der Waals surface area contributed by atoms with Crippen LogP contribution in [0.15, 0.2) is 17.4 Å². The summed E-state index contributed by atoms with van der Waals surface area (Å²) in [6.45, 7) is 4.55. The number of azide groups is 1. The van der Waals surface area contributed by atoms with E-state index in [0.29, 0.717) is 12.6 Å². The van der Waals surface area contributed by atoms with Crippen LogP contribution >= 0.6 is 0 Å². The van der Waals surface area contributed by atoms with Gasteiger partial charge in [0.25, 0.3) is 0 Å².